The van der Waals surface area contributed by atoms with Gasteiger partial charge in [0.2, 0.25) is 0 Å². The molecule has 0 fully saturated rings. The Hall–Kier alpha value is -1.71. The van der Waals surface area contributed by atoms with Crippen LogP contribution in [0, 0.1) is 0 Å². The molecule has 0 radical (unpaired) electrons. The Morgan fingerprint density at radius 1 is 1.21 bits per heavy atom. The number of allylic oxidation sites excluding steroid dienone is 3. The molecule has 0 aliphatic heterocycles. The maximum absolute atomic E-state index is 11.9. The molecule has 0 amide bonds. The van der Waals surface area contributed by atoms with E-state index in [1.165, 1.54) is 7.11 Å². The van der Waals surface area contributed by atoms with E-state index in [4.69, 9.17) is 9.47 Å². The summed E-state index contributed by atoms with van der Waals surface area (Å²) < 4.78 is 10.2. The highest BCUT2D eigenvalue weighted by Crippen LogP contribution is 2.25. The topological polar surface area (TPSA) is 47.6 Å². The average Bonchev–Trinajstić information content (AvgIpc) is 2.43. The zero-order valence-electron chi connectivity index (χ0n) is 12.6. The summed E-state index contributed by atoms with van der Waals surface area (Å²) in [6.07, 6.45) is 3.91. The van der Waals surface area contributed by atoms with Crippen LogP contribution in [0.15, 0.2) is 35.3 Å². The quantitative estimate of drug-likeness (QED) is 0.318. The summed E-state index contributed by atoms with van der Waals surface area (Å²) in [6.45, 7) is 7.86. The van der Waals surface area contributed by atoms with E-state index in [1.54, 1.807) is 14.2 Å². The Kier molecular flexibility index (Phi) is 8.42. The first kappa shape index (κ1) is 17.3. The molecule has 0 rings (SSSR count). The van der Waals surface area contributed by atoms with E-state index in [1.807, 2.05) is 19.9 Å². The van der Waals surface area contributed by atoms with Gasteiger partial charge < -0.3 is 14.8 Å². The third-order valence-corrected chi connectivity index (χ3v) is 2.80. The van der Waals surface area contributed by atoms with Gasteiger partial charge in [0.05, 0.1) is 14.2 Å². The lowest BCUT2D eigenvalue weighted by Gasteiger charge is -2.16. The molecule has 4 heteroatoms. The minimum absolute atomic E-state index is 0.319. The van der Waals surface area contributed by atoms with E-state index in [0.717, 1.165) is 17.7 Å². The van der Waals surface area contributed by atoms with Gasteiger partial charge in [-0.15, -0.1) is 0 Å². The predicted octanol–water partition coefficient (Wildman–Crippen LogP) is 2.93. The van der Waals surface area contributed by atoms with Crippen molar-refractivity contribution >= 4 is 5.97 Å². The summed E-state index contributed by atoms with van der Waals surface area (Å²) in [7, 11) is 4.80. The minimum atomic E-state index is -0.319. The predicted molar refractivity (Wildman–Crippen MR) is 77.5 cm³/mol. The van der Waals surface area contributed by atoms with E-state index in [2.05, 4.69) is 11.9 Å². The first-order valence-corrected chi connectivity index (χ1v) is 6.45. The molecular formula is C15H25NO3. The Bertz CT molecular complexity index is 381. The van der Waals surface area contributed by atoms with E-state index in [0.29, 0.717) is 24.2 Å². The number of carbonyl (C=O) groups excluding carboxylic acids is 1. The van der Waals surface area contributed by atoms with Crippen LogP contribution >= 0.6 is 0 Å². The standard InChI is InChI=1S/C15H25NO3/c1-7-9-14(18-5)13(10-11(3)16-4)12(8-2)15(17)19-6/h9,16H,3,7-8,10H2,1-2,4-6H3/b13-12-,14-9+. The highest BCUT2D eigenvalue weighted by molar-refractivity contribution is 5.90. The van der Waals surface area contributed by atoms with Gasteiger partial charge in [0, 0.05) is 30.3 Å². The maximum Gasteiger partial charge on any atom is 0.334 e. The Labute approximate surface area is 116 Å². The average molecular weight is 267 g/mol. The van der Waals surface area contributed by atoms with Crippen molar-refractivity contribution < 1.29 is 14.3 Å². The Morgan fingerprint density at radius 3 is 2.21 bits per heavy atom. The molecular weight excluding hydrogens is 242 g/mol. The summed E-state index contributed by atoms with van der Waals surface area (Å²) >= 11 is 0. The molecule has 108 valence electrons. The van der Waals surface area contributed by atoms with Crippen LogP contribution in [0.3, 0.4) is 0 Å². The van der Waals surface area contributed by atoms with Crippen LogP contribution in [0.5, 0.6) is 0 Å². The number of ether oxygens (including phenoxy) is 2. The lowest BCUT2D eigenvalue weighted by atomic mass is 9.98. The van der Waals surface area contributed by atoms with E-state index >= 15 is 0 Å². The van der Waals surface area contributed by atoms with Crippen LogP contribution in [0.25, 0.3) is 0 Å². The molecule has 0 aromatic heterocycles. The summed E-state index contributed by atoms with van der Waals surface area (Å²) in [4.78, 5) is 11.9. The summed E-state index contributed by atoms with van der Waals surface area (Å²) in [5, 5.41) is 2.99. The van der Waals surface area contributed by atoms with Gasteiger partial charge in [-0.3, -0.25) is 0 Å². The number of nitrogens with one attached hydrogen (secondary N) is 1. The van der Waals surface area contributed by atoms with Crippen molar-refractivity contribution in [2.75, 3.05) is 21.3 Å². The van der Waals surface area contributed by atoms with Crippen molar-refractivity contribution in [3.8, 4) is 0 Å². The Balaban J connectivity index is 5.70. The van der Waals surface area contributed by atoms with Gasteiger partial charge in [-0.1, -0.05) is 20.4 Å². The van der Waals surface area contributed by atoms with E-state index < -0.39 is 0 Å². The largest absolute Gasteiger partial charge is 0.497 e. The van der Waals surface area contributed by atoms with Crippen molar-refractivity contribution in [3.63, 3.8) is 0 Å². The van der Waals surface area contributed by atoms with Gasteiger partial charge in [0.25, 0.3) is 0 Å². The van der Waals surface area contributed by atoms with Crippen molar-refractivity contribution in [3.05, 3.63) is 35.3 Å². The molecule has 0 bridgehead atoms. The summed E-state index contributed by atoms with van der Waals surface area (Å²) in [5.74, 6) is 0.390. The highest BCUT2D eigenvalue weighted by Gasteiger charge is 2.18. The number of rotatable bonds is 8. The second kappa shape index (κ2) is 9.25. The van der Waals surface area contributed by atoms with Crippen LogP contribution in [0.1, 0.15) is 33.1 Å². The van der Waals surface area contributed by atoms with Crippen molar-refractivity contribution in [1.82, 2.24) is 5.32 Å². The molecule has 0 heterocycles. The first-order valence-electron chi connectivity index (χ1n) is 6.45. The second-order valence-corrected chi connectivity index (χ2v) is 4.01. The van der Waals surface area contributed by atoms with Crippen molar-refractivity contribution in [1.29, 1.82) is 0 Å². The number of esters is 1. The van der Waals surface area contributed by atoms with Crippen LogP contribution < -0.4 is 5.32 Å². The maximum atomic E-state index is 11.9. The monoisotopic (exact) mass is 267 g/mol. The number of carbonyl (C=O) groups is 1. The molecule has 0 aromatic rings. The van der Waals surface area contributed by atoms with Gasteiger partial charge in [-0.2, -0.15) is 0 Å². The highest BCUT2D eigenvalue weighted by atomic mass is 16.5. The molecule has 0 spiro atoms. The molecule has 0 aliphatic carbocycles. The fourth-order valence-corrected chi connectivity index (χ4v) is 1.76. The van der Waals surface area contributed by atoms with Crippen LogP contribution in [-0.4, -0.2) is 27.2 Å². The summed E-state index contributed by atoms with van der Waals surface area (Å²) in [5.41, 5.74) is 2.28. The molecule has 0 saturated heterocycles. The van der Waals surface area contributed by atoms with Crippen LogP contribution in [-0.2, 0) is 14.3 Å². The fraction of sp³-hybridized carbons (Fsp3) is 0.533. The number of hydrogen-bond acceptors (Lipinski definition) is 4. The zero-order chi connectivity index (χ0) is 14.8. The van der Waals surface area contributed by atoms with Gasteiger partial charge in [-0.05, 0) is 18.9 Å². The molecule has 0 unspecified atom stereocenters. The fourth-order valence-electron chi connectivity index (χ4n) is 1.76. The molecule has 4 nitrogen and oxygen atoms in total. The third-order valence-electron chi connectivity index (χ3n) is 2.80. The smallest absolute Gasteiger partial charge is 0.334 e. The Morgan fingerprint density at radius 2 is 1.84 bits per heavy atom. The van der Waals surface area contributed by atoms with Gasteiger partial charge in [0.15, 0.2) is 0 Å². The molecule has 0 aliphatic rings. The molecule has 19 heavy (non-hydrogen) atoms. The second-order valence-electron chi connectivity index (χ2n) is 4.01. The molecule has 1 N–H and O–H groups in total. The normalized spacial score (nSPS) is 12.6. The lowest BCUT2D eigenvalue weighted by molar-refractivity contribution is -0.136. The van der Waals surface area contributed by atoms with E-state index in [9.17, 15) is 4.79 Å². The van der Waals surface area contributed by atoms with E-state index in [-0.39, 0.29) is 5.97 Å². The van der Waals surface area contributed by atoms with Crippen LogP contribution in [0.4, 0.5) is 0 Å². The third kappa shape index (κ3) is 5.20. The number of methoxy groups -OCH3 is 2. The minimum Gasteiger partial charge on any atom is -0.497 e. The van der Waals surface area contributed by atoms with Gasteiger partial charge >= 0.3 is 5.97 Å². The van der Waals surface area contributed by atoms with Crippen LogP contribution in [0.2, 0.25) is 0 Å². The lowest BCUT2D eigenvalue weighted by Crippen LogP contribution is -2.13. The number of hydrogen-bond donors (Lipinski definition) is 1. The zero-order valence-corrected chi connectivity index (χ0v) is 12.6. The van der Waals surface area contributed by atoms with Crippen molar-refractivity contribution in [2.45, 2.75) is 33.1 Å². The molecule has 0 saturated carbocycles. The van der Waals surface area contributed by atoms with Gasteiger partial charge in [0.1, 0.15) is 5.76 Å². The van der Waals surface area contributed by atoms with Gasteiger partial charge in [-0.25, -0.2) is 4.79 Å². The summed E-state index contributed by atoms with van der Waals surface area (Å²) in [6, 6.07) is 0. The molecule has 0 aromatic carbocycles. The van der Waals surface area contributed by atoms with Crippen molar-refractivity contribution in [2.24, 2.45) is 0 Å². The first-order chi connectivity index (χ1) is 9.05. The SMILES string of the molecule is C=C(CC(=C(\CC)C(=O)OC)/C(=C\CC)OC)NC. The molecule has 0 atom stereocenters.